The van der Waals surface area contributed by atoms with Crippen LogP contribution in [0.4, 0.5) is 16.2 Å². The minimum Gasteiger partial charge on any atom is -0.447 e. The average Bonchev–Trinajstić information content (AvgIpc) is 3.05. The van der Waals surface area contributed by atoms with Crippen LogP contribution < -0.4 is 5.32 Å². The van der Waals surface area contributed by atoms with E-state index in [1.165, 1.54) is 0 Å². The van der Waals surface area contributed by atoms with Gasteiger partial charge in [-0.2, -0.15) is 0 Å². The molecule has 1 amide bonds. The van der Waals surface area contributed by atoms with Gasteiger partial charge in [0.1, 0.15) is 0 Å². The molecule has 1 aromatic carbocycles. The second-order valence-corrected chi connectivity index (χ2v) is 5.75. The van der Waals surface area contributed by atoms with Crippen molar-refractivity contribution >= 4 is 34.5 Å². The molecule has 0 bridgehead atoms. The first-order chi connectivity index (χ1) is 10.1. The Balaban J connectivity index is 1.77. The number of amides is 1. The number of ether oxygens (including phenoxy) is 1. The quantitative estimate of drug-likeness (QED) is 0.938. The van der Waals surface area contributed by atoms with Crippen LogP contribution in [0, 0.1) is 0 Å². The van der Waals surface area contributed by atoms with Gasteiger partial charge in [0.05, 0.1) is 28.7 Å². The second-order valence-electron chi connectivity index (χ2n) is 5.03. The van der Waals surface area contributed by atoms with Gasteiger partial charge in [-0.1, -0.05) is 6.07 Å². The van der Waals surface area contributed by atoms with E-state index in [1.54, 1.807) is 16.8 Å². The van der Waals surface area contributed by atoms with E-state index in [4.69, 9.17) is 4.74 Å². The van der Waals surface area contributed by atoms with Gasteiger partial charge in [0.25, 0.3) is 0 Å². The van der Waals surface area contributed by atoms with Gasteiger partial charge in [0.15, 0.2) is 0 Å². The Kier molecular flexibility index (Phi) is 3.70. The van der Waals surface area contributed by atoms with Crippen molar-refractivity contribution in [3.8, 4) is 0 Å². The molecule has 1 aromatic heterocycles. The summed E-state index contributed by atoms with van der Waals surface area (Å²) in [5.74, 6) is 0. The predicted octanol–water partition coefficient (Wildman–Crippen LogP) is 3.78. The number of thiazole rings is 1. The molecule has 108 valence electrons. The molecule has 1 aliphatic heterocycles. The number of carbonyl (C=O) groups excluding carboxylic acids is 1. The Morgan fingerprint density at radius 2 is 2.29 bits per heavy atom. The number of aromatic nitrogens is 1. The molecule has 0 unspecified atom stereocenters. The summed E-state index contributed by atoms with van der Waals surface area (Å²) in [6, 6.07) is 5.69. The number of benzene rings is 1. The van der Waals surface area contributed by atoms with Gasteiger partial charge in [-0.25, -0.2) is 9.78 Å². The zero-order valence-corrected chi connectivity index (χ0v) is 12.6. The molecule has 2 heterocycles. The summed E-state index contributed by atoms with van der Waals surface area (Å²) in [5, 5.41) is 4.70. The van der Waals surface area contributed by atoms with Crippen molar-refractivity contribution < 1.29 is 9.53 Å². The van der Waals surface area contributed by atoms with Crippen molar-refractivity contribution in [1.82, 2.24) is 4.98 Å². The lowest BCUT2D eigenvalue weighted by atomic mass is 10.1. The number of rotatable bonds is 3. The number of hydrogen-bond donors (Lipinski definition) is 1. The van der Waals surface area contributed by atoms with Crippen LogP contribution in [0.2, 0.25) is 0 Å². The Labute approximate surface area is 126 Å². The summed E-state index contributed by atoms with van der Waals surface area (Å²) >= 11 is 1.56. The standard InChI is InChI=1S/C15H15N3O2S/c1-9(2)20-15(19)17-11-4-3-10-5-13(18-12(10)6-11)14-7-21-8-16-14/h3-4,6-9H,5H2,1-2H3,(H,17,19). The first-order valence-electron chi connectivity index (χ1n) is 6.68. The zero-order chi connectivity index (χ0) is 14.8. The van der Waals surface area contributed by atoms with Gasteiger partial charge in [-0.3, -0.25) is 10.3 Å². The van der Waals surface area contributed by atoms with Crippen LogP contribution in [-0.2, 0) is 11.2 Å². The third-order valence-electron chi connectivity index (χ3n) is 3.02. The normalized spacial score (nSPS) is 13.0. The molecule has 0 saturated heterocycles. The molecule has 0 spiro atoms. The molecular weight excluding hydrogens is 286 g/mol. The lowest BCUT2D eigenvalue weighted by Crippen LogP contribution is -2.17. The third kappa shape index (κ3) is 3.11. The second kappa shape index (κ2) is 5.65. The number of fused-ring (bicyclic) bond motifs is 1. The molecule has 0 fully saturated rings. The van der Waals surface area contributed by atoms with Crippen molar-refractivity contribution in [2.45, 2.75) is 26.4 Å². The highest BCUT2D eigenvalue weighted by atomic mass is 32.1. The molecule has 0 radical (unpaired) electrons. The van der Waals surface area contributed by atoms with E-state index in [0.29, 0.717) is 5.69 Å². The molecule has 21 heavy (non-hydrogen) atoms. The van der Waals surface area contributed by atoms with Gasteiger partial charge >= 0.3 is 6.09 Å². The molecule has 1 aliphatic rings. The summed E-state index contributed by atoms with van der Waals surface area (Å²) in [7, 11) is 0. The van der Waals surface area contributed by atoms with Gasteiger partial charge in [0, 0.05) is 17.5 Å². The highest BCUT2D eigenvalue weighted by Crippen LogP contribution is 2.31. The first-order valence-corrected chi connectivity index (χ1v) is 7.63. The van der Waals surface area contributed by atoms with Crippen molar-refractivity contribution in [3.63, 3.8) is 0 Å². The van der Waals surface area contributed by atoms with E-state index in [9.17, 15) is 4.79 Å². The summed E-state index contributed by atoms with van der Waals surface area (Å²) < 4.78 is 5.06. The van der Waals surface area contributed by atoms with Crippen LogP contribution >= 0.6 is 11.3 Å². The lowest BCUT2D eigenvalue weighted by molar-refractivity contribution is 0.130. The topological polar surface area (TPSA) is 63.6 Å². The van der Waals surface area contributed by atoms with E-state index in [-0.39, 0.29) is 6.10 Å². The van der Waals surface area contributed by atoms with E-state index >= 15 is 0 Å². The molecule has 1 N–H and O–H groups in total. The summed E-state index contributed by atoms with van der Waals surface area (Å²) in [6.45, 7) is 3.62. The minimum atomic E-state index is -0.452. The Hall–Kier alpha value is -2.21. The van der Waals surface area contributed by atoms with E-state index < -0.39 is 6.09 Å². The molecule has 5 nitrogen and oxygen atoms in total. The number of aliphatic imine (C=N–C) groups is 1. The monoisotopic (exact) mass is 301 g/mol. The molecular formula is C15H15N3O2S. The first kappa shape index (κ1) is 13.8. The molecule has 0 atom stereocenters. The lowest BCUT2D eigenvalue weighted by Gasteiger charge is -2.09. The van der Waals surface area contributed by atoms with Gasteiger partial charge < -0.3 is 4.74 Å². The van der Waals surface area contributed by atoms with Gasteiger partial charge in [-0.05, 0) is 31.5 Å². The smallest absolute Gasteiger partial charge is 0.411 e. The van der Waals surface area contributed by atoms with Crippen LogP contribution in [-0.4, -0.2) is 22.9 Å². The fourth-order valence-corrected chi connectivity index (χ4v) is 2.69. The summed E-state index contributed by atoms with van der Waals surface area (Å²) in [4.78, 5) is 20.5. The highest BCUT2D eigenvalue weighted by molar-refractivity contribution is 7.07. The maximum atomic E-state index is 11.6. The molecule has 6 heteroatoms. The molecule has 3 rings (SSSR count). The largest absolute Gasteiger partial charge is 0.447 e. The number of nitrogens with zero attached hydrogens (tertiary/aromatic N) is 2. The van der Waals surface area contributed by atoms with E-state index in [0.717, 1.165) is 29.1 Å². The number of anilines is 1. The molecule has 0 aliphatic carbocycles. The minimum absolute atomic E-state index is 0.145. The Bertz CT molecular complexity index is 693. The number of carbonyl (C=O) groups is 1. The van der Waals surface area contributed by atoms with Crippen LogP contribution in [0.3, 0.4) is 0 Å². The SMILES string of the molecule is CC(C)OC(=O)Nc1ccc2c(c1)N=C(c1cscn1)C2. The fraction of sp³-hybridized carbons (Fsp3) is 0.267. The number of nitrogens with one attached hydrogen (secondary N) is 1. The van der Waals surface area contributed by atoms with Crippen LogP contribution in [0.25, 0.3) is 0 Å². The Morgan fingerprint density at radius 1 is 1.43 bits per heavy atom. The molecule has 2 aromatic rings. The van der Waals surface area contributed by atoms with E-state index in [2.05, 4.69) is 15.3 Å². The third-order valence-corrected chi connectivity index (χ3v) is 3.60. The van der Waals surface area contributed by atoms with Crippen molar-refractivity contribution in [2.24, 2.45) is 4.99 Å². The van der Waals surface area contributed by atoms with Crippen LogP contribution in [0.15, 0.2) is 34.1 Å². The maximum Gasteiger partial charge on any atom is 0.411 e. The highest BCUT2D eigenvalue weighted by Gasteiger charge is 2.18. The van der Waals surface area contributed by atoms with Gasteiger partial charge in [-0.15, -0.1) is 11.3 Å². The fourth-order valence-electron chi connectivity index (χ4n) is 2.12. The van der Waals surface area contributed by atoms with Crippen molar-refractivity contribution in [1.29, 1.82) is 0 Å². The van der Waals surface area contributed by atoms with Crippen LogP contribution in [0.1, 0.15) is 25.1 Å². The van der Waals surface area contributed by atoms with E-state index in [1.807, 2.05) is 37.4 Å². The van der Waals surface area contributed by atoms with Gasteiger partial charge in [0.2, 0.25) is 0 Å². The van der Waals surface area contributed by atoms with Crippen molar-refractivity contribution in [3.05, 3.63) is 40.3 Å². The predicted molar refractivity (Wildman–Crippen MR) is 83.7 cm³/mol. The number of hydrogen-bond acceptors (Lipinski definition) is 5. The van der Waals surface area contributed by atoms with Crippen molar-refractivity contribution in [2.75, 3.05) is 5.32 Å². The van der Waals surface area contributed by atoms with Crippen LogP contribution in [0.5, 0.6) is 0 Å². The Morgan fingerprint density at radius 3 is 3.00 bits per heavy atom. The molecule has 0 saturated carbocycles. The summed E-state index contributed by atoms with van der Waals surface area (Å²) in [6.07, 6.45) is 0.177. The maximum absolute atomic E-state index is 11.6. The average molecular weight is 301 g/mol. The summed E-state index contributed by atoms with van der Waals surface area (Å²) in [5.41, 5.74) is 6.39. The zero-order valence-electron chi connectivity index (χ0n) is 11.8.